The van der Waals surface area contributed by atoms with E-state index in [2.05, 4.69) is 46.0 Å². The van der Waals surface area contributed by atoms with Gasteiger partial charge in [0.2, 0.25) is 0 Å². The fraction of sp³-hybridized carbons (Fsp3) is 0.800. The first-order chi connectivity index (χ1) is 5.04. The van der Waals surface area contributed by atoms with Crippen LogP contribution in [0.3, 0.4) is 0 Å². The molecule has 0 fully saturated rings. The molecule has 66 valence electrons. The van der Waals surface area contributed by atoms with E-state index in [9.17, 15) is 0 Å². The molecule has 0 saturated carbocycles. The van der Waals surface area contributed by atoms with Gasteiger partial charge in [-0.2, -0.15) is 0 Å². The number of allylic oxidation sites excluding steroid dienone is 1. The third kappa shape index (κ3) is 3.57. The van der Waals surface area contributed by atoms with Crippen molar-refractivity contribution in [2.75, 3.05) is 13.1 Å². The standard InChI is InChI=1S/C10H21N/c1-6-9(3)10(4,5)8-11-7-2/h6,11H,7-8H2,1-5H3/b9-6+. The molecule has 0 unspecified atom stereocenters. The second-order valence-corrected chi connectivity index (χ2v) is 3.64. The van der Waals surface area contributed by atoms with Crippen LogP contribution in [0, 0.1) is 5.41 Å². The Kier molecular flexibility index (Phi) is 4.43. The Morgan fingerprint density at radius 1 is 1.45 bits per heavy atom. The topological polar surface area (TPSA) is 12.0 Å². The molecule has 0 aromatic carbocycles. The third-order valence-electron chi connectivity index (χ3n) is 2.32. The lowest BCUT2D eigenvalue weighted by Crippen LogP contribution is -2.30. The quantitative estimate of drug-likeness (QED) is 0.615. The largest absolute Gasteiger partial charge is 0.316 e. The van der Waals surface area contributed by atoms with Crippen LogP contribution in [-0.2, 0) is 0 Å². The zero-order chi connectivity index (χ0) is 8.91. The third-order valence-corrected chi connectivity index (χ3v) is 2.32. The predicted octanol–water partition coefficient (Wildman–Crippen LogP) is 2.59. The average molecular weight is 155 g/mol. The summed E-state index contributed by atoms with van der Waals surface area (Å²) in [5.41, 5.74) is 1.77. The van der Waals surface area contributed by atoms with Gasteiger partial charge >= 0.3 is 0 Å². The van der Waals surface area contributed by atoms with Crippen molar-refractivity contribution in [2.45, 2.75) is 34.6 Å². The Balaban J connectivity index is 3.99. The van der Waals surface area contributed by atoms with Crippen LogP contribution in [0.4, 0.5) is 0 Å². The van der Waals surface area contributed by atoms with Crippen LogP contribution in [0.1, 0.15) is 34.6 Å². The maximum atomic E-state index is 3.36. The van der Waals surface area contributed by atoms with Gasteiger partial charge in [0.15, 0.2) is 0 Å². The summed E-state index contributed by atoms with van der Waals surface area (Å²) in [6.45, 7) is 13.1. The van der Waals surface area contributed by atoms with Crippen molar-refractivity contribution in [2.24, 2.45) is 5.41 Å². The molecule has 0 aliphatic heterocycles. The number of nitrogens with one attached hydrogen (secondary N) is 1. The van der Waals surface area contributed by atoms with E-state index in [4.69, 9.17) is 0 Å². The van der Waals surface area contributed by atoms with E-state index in [0.29, 0.717) is 5.41 Å². The minimum absolute atomic E-state index is 0.310. The maximum Gasteiger partial charge on any atom is 0.00396 e. The van der Waals surface area contributed by atoms with Gasteiger partial charge in [0.25, 0.3) is 0 Å². The van der Waals surface area contributed by atoms with Gasteiger partial charge in [0.1, 0.15) is 0 Å². The summed E-state index contributed by atoms with van der Waals surface area (Å²) >= 11 is 0. The second kappa shape index (κ2) is 4.55. The van der Waals surface area contributed by atoms with E-state index in [1.807, 2.05) is 0 Å². The molecule has 1 N–H and O–H groups in total. The predicted molar refractivity (Wildman–Crippen MR) is 51.8 cm³/mol. The summed E-state index contributed by atoms with van der Waals surface area (Å²) in [4.78, 5) is 0. The Morgan fingerprint density at radius 2 is 2.00 bits per heavy atom. The first kappa shape index (κ1) is 10.7. The molecule has 0 spiro atoms. The van der Waals surface area contributed by atoms with Crippen LogP contribution >= 0.6 is 0 Å². The molecule has 1 heteroatoms. The molecule has 0 saturated heterocycles. The lowest BCUT2D eigenvalue weighted by Gasteiger charge is -2.25. The molecule has 0 bridgehead atoms. The highest BCUT2D eigenvalue weighted by Gasteiger charge is 2.17. The molecule has 0 amide bonds. The van der Waals surface area contributed by atoms with Crippen LogP contribution < -0.4 is 5.32 Å². The Labute approximate surface area is 70.9 Å². The Hall–Kier alpha value is -0.300. The number of rotatable bonds is 4. The highest BCUT2D eigenvalue weighted by atomic mass is 14.9. The summed E-state index contributed by atoms with van der Waals surface area (Å²) < 4.78 is 0. The van der Waals surface area contributed by atoms with Gasteiger partial charge in [-0.25, -0.2) is 0 Å². The van der Waals surface area contributed by atoms with Crippen LogP contribution in [0.25, 0.3) is 0 Å². The highest BCUT2D eigenvalue weighted by Crippen LogP contribution is 2.24. The minimum Gasteiger partial charge on any atom is -0.316 e. The minimum atomic E-state index is 0.310. The van der Waals surface area contributed by atoms with Crippen molar-refractivity contribution in [3.63, 3.8) is 0 Å². The van der Waals surface area contributed by atoms with E-state index >= 15 is 0 Å². The molecule has 0 aliphatic carbocycles. The molecule has 0 radical (unpaired) electrons. The highest BCUT2D eigenvalue weighted by molar-refractivity contribution is 5.08. The van der Waals surface area contributed by atoms with E-state index in [0.717, 1.165) is 13.1 Å². The Morgan fingerprint density at radius 3 is 2.36 bits per heavy atom. The molecule has 0 rings (SSSR count). The van der Waals surface area contributed by atoms with E-state index in [1.165, 1.54) is 5.57 Å². The van der Waals surface area contributed by atoms with Gasteiger partial charge in [-0.3, -0.25) is 0 Å². The van der Waals surface area contributed by atoms with Gasteiger partial charge in [0, 0.05) is 6.54 Å². The van der Waals surface area contributed by atoms with E-state index in [1.54, 1.807) is 0 Å². The summed E-state index contributed by atoms with van der Waals surface area (Å²) in [6, 6.07) is 0. The van der Waals surface area contributed by atoms with Crippen molar-refractivity contribution in [3.05, 3.63) is 11.6 Å². The van der Waals surface area contributed by atoms with Crippen molar-refractivity contribution in [3.8, 4) is 0 Å². The molecule has 0 atom stereocenters. The summed E-state index contributed by atoms with van der Waals surface area (Å²) in [5.74, 6) is 0. The van der Waals surface area contributed by atoms with Gasteiger partial charge in [-0.05, 0) is 25.8 Å². The molecular formula is C10H21N. The fourth-order valence-electron chi connectivity index (χ4n) is 0.968. The molecule has 0 aliphatic rings. The van der Waals surface area contributed by atoms with Crippen molar-refractivity contribution in [1.29, 1.82) is 0 Å². The molecule has 0 aromatic rings. The van der Waals surface area contributed by atoms with E-state index < -0.39 is 0 Å². The van der Waals surface area contributed by atoms with Crippen molar-refractivity contribution < 1.29 is 0 Å². The summed E-state index contributed by atoms with van der Waals surface area (Å²) in [7, 11) is 0. The van der Waals surface area contributed by atoms with Gasteiger partial charge in [-0.15, -0.1) is 0 Å². The number of hydrogen-bond donors (Lipinski definition) is 1. The lowest BCUT2D eigenvalue weighted by molar-refractivity contribution is 0.412. The fourth-order valence-corrected chi connectivity index (χ4v) is 0.968. The first-order valence-corrected chi connectivity index (χ1v) is 4.38. The van der Waals surface area contributed by atoms with Crippen LogP contribution in [0.15, 0.2) is 11.6 Å². The molecule has 1 nitrogen and oxygen atoms in total. The van der Waals surface area contributed by atoms with Crippen molar-refractivity contribution >= 4 is 0 Å². The van der Waals surface area contributed by atoms with Gasteiger partial charge in [-0.1, -0.05) is 32.4 Å². The zero-order valence-corrected chi connectivity index (χ0v) is 8.49. The van der Waals surface area contributed by atoms with E-state index in [-0.39, 0.29) is 0 Å². The maximum absolute atomic E-state index is 3.36. The smallest absolute Gasteiger partial charge is 0.00396 e. The van der Waals surface area contributed by atoms with Crippen LogP contribution in [0.5, 0.6) is 0 Å². The molecule has 11 heavy (non-hydrogen) atoms. The first-order valence-electron chi connectivity index (χ1n) is 4.38. The van der Waals surface area contributed by atoms with Crippen LogP contribution in [-0.4, -0.2) is 13.1 Å². The van der Waals surface area contributed by atoms with Crippen molar-refractivity contribution in [1.82, 2.24) is 5.32 Å². The molecule has 0 heterocycles. The second-order valence-electron chi connectivity index (χ2n) is 3.64. The molecular weight excluding hydrogens is 134 g/mol. The zero-order valence-electron chi connectivity index (χ0n) is 8.49. The summed E-state index contributed by atoms with van der Waals surface area (Å²) in [6.07, 6.45) is 2.19. The SMILES string of the molecule is C/C=C(\C)C(C)(C)CNCC. The normalized spacial score (nSPS) is 13.7. The molecule has 0 aromatic heterocycles. The van der Waals surface area contributed by atoms with Gasteiger partial charge < -0.3 is 5.32 Å². The number of hydrogen-bond acceptors (Lipinski definition) is 1. The monoisotopic (exact) mass is 155 g/mol. The average Bonchev–Trinajstić information content (AvgIpc) is 1.99. The lowest BCUT2D eigenvalue weighted by atomic mass is 9.85. The Bertz CT molecular complexity index is 134. The van der Waals surface area contributed by atoms with Gasteiger partial charge in [0.05, 0.1) is 0 Å². The summed E-state index contributed by atoms with van der Waals surface area (Å²) in [5, 5.41) is 3.36. The van der Waals surface area contributed by atoms with Crippen LogP contribution in [0.2, 0.25) is 0 Å².